The van der Waals surface area contributed by atoms with Gasteiger partial charge >= 0.3 is 6.18 Å². The van der Waals surface area contributed by atoms with Crippen molar-refractivity contribution < 1.29 is 18.0 Å². The van der Waals surface area contributed by atoms with Gasteiger partial charge in [-0.1, -0.05) is 18.2 Å². The van der Waals surface area contributed by atoms with E-state index in [1.807, 2.05) is 0 Å². The van der Waals surface area contributed by atoms with E-state index in [0.29, 0.717) is 17.2 Å². The summed E-state index contributed by atoms with van der Waals surface area (Å²) in [4.78, 5) is 22.8. The van der Waals surface area contributed by atoms with Crippen molar-refractivity contribution in [2.75, 3.05) is 18.0 Å². The number of amides is 1. The quantitative estimate of drug-likeness (QED) is 0.886. The SMILES string of the molecule is O=C(Cc1cccc(C(F)(F)F)c1)NCc1ccnc(N2CCCC2)n1. The summed E-state index contributed by atoms with van der Waals surface area (Å²) < 4.78 is 38.2. The van der Waals surface area contributed by atoms with Crippen LogP contribution in [0.5, 0.6) is 0 Å². The maximum absolute atomic E-state index is 12.7. The van der Waals surface area contributed by atoms with Crippen LogP contribution in [-0.4, -0.2) is 29.0 Å². The van der Waals surface area contributed by atoms with Gasteiger partial charge in [-0.3, -0.25) is 4.79 Å². The first-order valence-electron chi connectivity index (χ1n) is 8.41. The van der Waals surface area contributed by atoms with Crippen LogP contribution in [0.4, 0.5) is 19.1 Å². The molecule has 1 aliphatic rings. The predicted molar refractivity (Wildman–Crippen MR) is 90.5 cm³/mol. The normalized spacial score (nSPS) is 14.5. The molecule has 8 heteroatoms. The Balaban J connectivity index is 1.57. The maximum Gasteiger partial charge on any atom is 0.416 e. The van der Waals surface area contributed by atoms with Crippen LogP contribution < -0.4 is 10.2 Å². The molecule has 138 valence electrons. The van der Waals surface area contributed by atoms with Gasteiger partial charge < -0.3 is 10.2 Å². The molecule has 5 nitrogen and oxygen atoms in total. The molecule has 3 rings (SSSR count). The van der Waals surface area contributed by atoms with Crippen molar-refractivity contribution in [2.45, 2.75) is 32.0 Å². The van der Waals surface area contributed by atoms with Gasteiger partial charge in [0.25, 0.3) is 0 Å². The number of carbonyl (C=O) groups excluding carboxylic acids is 1. The van der Waals surface area contributed by atoms with Crippen LogP contribution in [0.15, 0.2) is 36.5 Å². The Kier molecular flexibility index (Phi) is 5.39. The second kappa shape index (κ2) is 7.72. The molecule has 1 amide bonds. The summed E-state index contributed by atoms with van der Waals surface area (Å²) >= 11 is 0. The average Bonchev–Trinajstić information content (AvgIpc) is 3.14. The summed E-state index contributed by atoms with van der Waals surface area (Å²) in [5, 5.41) is 2.69. The van der Waals surface area contributed by atoms with E-state index in [0.717, 1.165) is 38.1 Å². The van der Waals surface area contributed by atoms with Crippen LogP contribution in [0.25, 0.3) is 0 Å². The van der Waals surface area contributed by atoms with Crippen molar-refractivity contribution in [3.05, 3.63) is 53.3 Å². The minimum Gasteiger partial charge on any atom is -0.350 e. The summed E-state index contributed by atoms with van der Waals surface area (Å²) in [5.74, 6) is 0.290. The van der Waals surface area contributed by atoms with E-state index < -0.39 is 11.7 Å². The average molecular weight is 364 g/mol. The van der Waals surface area contributed by atoms with Gasteiger partial charge in [0, 0.05) is 19.3 Å². The molecule has 2 aromatic rings. The molecular formula is C18H19F3N4O. The fraction of sp³-hybridized carbons (Fsp3) is 0.389. The van der Waals surface area contributed by atoms with Gasteiger partial charge in [0.2, 0.25) is 11.9 Å². The summed E-state index contributed by atoms with van der Waals surface area (Å²) in [6, 6.07) is 6.51. The Morgan fingerprint density at radius 1 is 1.19 bits per heavy atom. The van der Waals surface area contributed by atoms with E-state index in [2.05, 4.69) is 20.2 Å². The lowest BCUT2D eigenvalue weighted by Crippen LogP contribution is -2.26. The van der Waals surface area contributed by atoms with Gasteiger partial charge in [-0.15, -0.1) is 0 Å². The molecule has 0 spiro atoms. The Labute approximate surface area is 149 Å². The molecule has 1 aromatic carbocycles. The van der Waals surface area contributed by atoms with Crippen molar-refractivity contribution in [1.82, 2.24) is 15.3 Å². The van der Waals surface area contributed by atoms with Crippen molar-refractivity contribution in [2.24, 2.45) is 0 Å². The highest BCUT2D eigenvalue weighted by molar-refractivity contribution is 5.78. The second-order valence-electron chi connectivity index (χ2n) is 6.19. The van der Waals surface area contributed by atoms with Gasteiger partial charge in [-0.2, -0.15) is 13.2 Å². The Morgan fingerprint density at radius 2 is 1.96 bits per heavy atom. The van der Waals surface area contributed by atoms with Crippen molar-refractivity contribution in [3.63, 3.8) is 0 Å². The number of hydrogen-bond acceptors (Lipinski definition) is 4. The van der Waals surface area contributed by atoms with Gasteiger partial charge in [-0.25, -0.2) is 9.97 Å². The number of carbonyl (C=O) groups is 1. The zero-order chi connectivity index (χ0) is 18.6. The standard InChI is InChI=1S/C18H19F3N4O/c19-18(20,21)14-5-3-4-13(10-14)11-16(26)23-12-15-6-7-22-17(24-15)25-8-1-2-9-25/h3-7,10H,1-2,8-9,11-12H2,(H,23,26). The molecule has 0 bridgehead atoms. The van der Waals surface area contributed by atoms with Crippen LogP contribution >= 0.6 is 0 Å². The molecule has 1 aliphatic heterocycles. The second-order valence-corrected chi connectivity index (χ2v) is 6.19. The minimum absolute atomic E-state index is 0.117. The van der Waals surface area contributed by atoms with Crippen molar-refractivity contribution >= 4 is 11.9 Å². The fourth-order valence-corrected chi connectivity index (χ4v) is 2.85. The first kappa shape index (κ1) is 18.2. The van der Waals surface area contributed by atoms with Crippen LogP contribution in [-0.2, 0) is 23.9 Å². The number of halogens is 3. The molecule has 1 saturated heterocycles. The number of alkyl halides is 3. The number of benzene rings is 1. The zero-order valence-corrected chi connectivity index (χ0v) is 14.1. The number of aromatic nitrogens is 2. The minimum atomic E-state index is -4.42. The molecule has 0 radical (unpaired) electrons. The predicted octanol–water partition coefficient (Wildman–Crippen LogP) is 2.95. The van der Waals surface area contributed by atoms with Crippen molar-refractivity contribution in [3.8, 4) is 0 Å². The van der Waals surface area contributed by atoms with Crippen LogP contribution in [0.1, 0.15) is 29.7 Å². The third kappa shape index (κ3) is 4.71. The number of anilines is 1. The van der Waals surface area contributed by atoms with E-state index in [4.69, 9.17) is 0 Å². The summed E-state index contributed by atoms with van der Waals surface area (Å²) in [6.45, 7) is 2.05. The Bertz CT molecular complexity index is 773. The first-order valence-corrected chi connectivity index (χ1v) is 8.41. The fourth-order valence-electron chi connectivity index (χ4n) is 2.85. The molecule has 1 aromatic heterocycles. The summed E-state index contributed by atoms with van der Waals surface area (Å²) in [7, 11) is 0. The van der Waals surface area contributed by atoms with Gasteiger partial charge in [0.15, 0.2) is 0 Å². The largest absolute Gasteiger partial charge is 0.416 e. The van der Waals surface area contributed by atoms with Crippen LogP contribution in [0.2, 0.25) is 0 Å². The molecule has 1 N–H and O–H groups in total. The Hall–Kier alpha value is -2.64. The topological polar surface area (TPSA) is 58.1 Å². The number of nitrogens with zero attached hydrogens (tertiary/aromatic N) is 3. The third-order valence-corrected chi connectivity index (χ3v) is 4.18. The highest BCUT2D eigenvalue weighted by atomic mass is 19.4. The summed E-state index contributed by atoms with van der Waals surface area (Å²) in [5.41, 5.74) is 0.228. The van der Waals surface area contributed by atoms with E-state index in [-0.39, 0.29) is 18.9 Å². The Morgan fingerprint density at radius 3 is 2.69 bits per heavy atom. The van der Waals surface area contributed by atoms with Crippen LogP contribution in [0.3, 0.4) is 0 Å². The zero-order valence-electron chi connectivity index (χ0n) is 14.1. The smallest absolute Gasteiger partial charge is 0.350 e. The molecule has 2 heterocycles. The number of hydrogen-bond donors (Lipinski definition) is 1. The van der Waals surface area contributed by atoms with Gasteiger partial charge in [0.1, 0.15) is 0 Å². The van der Waals surface area contributed by atoms with E-state index in [1.165, 1.54) is 12.1 Å². The lowest BCUT2D eigenvalue weighted by Gasteiger charge is -2.15. The lowest BCUT2D eigenvalue weighted by atomic mass is 10.1. The van der Waals surface area contributed by atoms with E-state index in [1.54, 1.807) is 12.3 Å². The van der Waals surface area contributed by atoms with Crippen molar-refractivity contribution in [1.29, 1.82) is 0 Å². The number of nitrogens with one attached hydrogen (secondary N) is 1. The van der Waals surface area contributed by atoms with Gasteiger partial charge in [0.05, 0.1) is 24.2 Å². The molecule has 0 unspecified atom stereocenters. The van der Waals surface area contributed by atoms with Crippen LogP contribution in [0, 0.1) is 0 Å². The highest BCUT2D eigenvalue weighted by Gasteiger charge is 2.30. The maximum atomic E-state index is 12.7. The highest BCUT2D eigenvalue weighted by Crippen LogP contribution is 2.29. The first-order chi connectivity index (χ1) is 12.4. The third-order valence-electron chi connectivity index (χ3n) is 4.18. The molecule has 1 fully saturated rings. The lowest BCUT2D eigenvalue weighted by molar-refractivity contribution is -0.137. The monoisotopic (exact) mass is 364 g/mol. The number of rotatable bonds is 5. The molecule has 0 saturated carbocycles. The molecule has 0 aliphatic carbocycles. The van der Waals surface area contributed by atoms with Gasteiger partial charge in [-0.05, 0) is 30.5 Å². The molecule has 26 heavy (non-hydrogen) atoms. The summed E-state index contributed by atoms with van der Waals surface area (Å²) in [6.07, 6.45) is -0.662. The van der Waals surface area contributed by atoms with E-state index in [9.17, 15) is 18.0 Å². The van der Waals surface area contributed by atoms with E-state index >= 15 is 0 Å². The molecule has 0 atom stereocenters. The molecular weight excluding hydrogens is 345 g/mol.